The van der Waals surface area contributed by atoms with Crippen LogP contribution >= 0.6 is 0 Å². The van der Waals surface area contributed by atoms with Crippen LogP contribution in [0.2, 0.25) is 5.04 Å². The number of alkyl halides is 2. The van der Waals surface area contributed by atoms with Gasteiger partial charge in [-0.25, -0.2) is 4.79 Å². The van der Waals surface area contributed by atoms with Crippen LogP contribution in [0.15, 0.2) is 72.8 Å². The Morgan fingerprint density at radius 1 is 0.953 bits per heavy atom. The molecule has 0 bridgehead atoms. The molecule has 0 saturated carbocycles. The van der Waals surface area contributed by atoms with Crippen LogP contribution in [-0.2, 0) is 18.8 Å². The number of amides is 1. The third-order valence-corrected chi connectivity index (χ3v) is 12.8. The molecule has 0 radical (unpaired) electrons. The van der Waals surface area contributed by atoms with Gasteiger partial charge in [0.05, 0.1) is 0 Å². The summed E-state index contributed by atoms with van der Waals surface area (Å²) in [5, 5.41) is 1.86. The van der Waals surface area contributed by atoms with Crippen molar-refractivity contribution < 1.29 is 32.3 Å². The van der Waals surface area contributed by atoms with Crippen molar-refractivity contribution in [3.05, 3.63) is 72.8 Å². The molecule has 1 amide bonds. The van der Waals surface area contributed by atoms with E-state index in [0.29, 0.717) is 0 Å². The molecule has 0 aliphatic carbocycles. The minimum absolute atomic E-state index is 0.118. The maximum absolute atomic E-state index is 15.4. The quantitative estimate of drug-likeness (QED) is 0.178. The van der Waals surface area contributed by atoms with Gasteiger partial charge in [0, 0.05) is 32.0 Å². The molecule has 3 rings (SSSR count). The van der Waals surface area contributed by atoms with Gasteiger partial charge in [-0.1, -0.05) is 93.6 Å². The summed E-state index contributed by atoms with van der Waals surface area (Å²) in [5.41, 5.74) is -0.660. The Labute approximate surface area is 255 Å². The van der Waals surface area contributed by atoms with Gasteiger partial charge in [0.25, 0.3) is 8.32 Å². The SMILES string of the molecule is C=C(CCO[Si](c1ccccc1)(c1ccccc1)C(C)(C)C)CC(F)(F)C(=O)C1CN(C(=O)OC(C)(C)C)[C@H](C)CC1=O. The maximum atomic E-state index is 15.4. The summed E-state index contributed by atoms with van der Waals surface area (Å²) < 4.78 is 42.9. The Morgan fingerprint density at radius 3 is 1.93 bits per heavy atom. The van der Waals surface area contributed by atoms with Crippen molar-refractivity contribution in [1.29, 1.82) is 0 Å². The second-order valence-corrected chi connectivity index (χ2v) is 17.8. The van der Waals surface area contributed by atoms with E-state index in [4.69, 9.17) is 9.16 Å². The summed E-state index contributed by atoms with van der Waals surface area (Å²) in [7, 11) is -2.86. The van der Waals surface area contributed by atoms with Crippen molar-refractivity contribution in [3.63, 3.8) is 0 Å². The lowest BCUT2D eigenvalue weighted by atomic mass is 9.85. The van der Waals surface area contributed by atoms with Crippen molar-refractivity contribution >= 4 is 36.4 Å². The molecule has 0 aromatic heterocycles. The van der Waals surface area contributed by atoms with Crippen LogP contribution in [0, 0.1) is 5.92 Å². The van der Waals surface area contributed by atoms with Crippen molar-refractivity contribution in [2.45, 2.75) is 90.3 Å². The first-order valence-corrected chi connectivity index (χ1v) is 16.7. The van der Waals surface area contributed by atoms with Gasteiger partial charge in [-0.05, 0) is 49.5 Å². The van der Waals surface area contributed by atoms with E-state index in [-0.39, 0.29) is 30.1 Å². The van der Waals surface area contributed by atoms with Gasteiger partial charge in [-0.15, -0.1) is 0 Å². The first kappa shape index (κ1) is 34.3. The Balaban J connectivity index is 1.73. The van der Waals surface area contributed by atoms with E-state index in [2.05, 4.69) is 51.6 Å². The van der Waals surface area contributed by atoms with E-state index in [1.54, 1.807) is 27.7 Å². The monoisotopic (exact) mass is 613 g/mol. The van der Waals surface area contributed by atoms with E-state index in [0.717, 1.165) is 10.4 Å². The normalized spacial score (nSPS) is 18.3. The summed E-state index contributed by atoms with van der Waals surface area (Å²) >= 11 is 0. The second kappa shape index (κ2) is 13.2. The van der Waals surface area contributed by atoms with E-state index >= 15 is 8.78 Å². The number of halogens is 2. The number of nitrogens with zero attached hydrogens (tertiary/aromatic N) is 1. The van der Waals surface area contributed by atoms with Gasteiger partial charge in [-0.3, -0.25) is 9.59 Å². The number of hydrogen-bond donors (Lipinski definition) is 0. The van der Waals surface area contributed by atoms with E-state index in [9.17, 15) is 14.4 Å². The van der Waals surface area contributed by atoms with Gasteiger partial charge in [0.15, 0.2) is 0 Å². The zero-order chi connectivity index (χ0) is 32.2. The molecule has 234 valence electrons. The molecular weight excluding hydrogens is 568 g/mol. The summed E-state index contributed by atoms with van der Waals surface area (Å²) in [4.78, 5) is 39.6. The lowest BCUT2D eigenvalue weighted by Crippen LogP contribution is -2.66. The number of benzene rings is 2. The van der Waals surface area contributed by atoms with Gasteiger partial charge in [0.1, 0.15) is 17.3 Å². The number of ether oxygens (including phenoxy) is 1. The highest BCUT2D eigenvalue weighted by molar-refractivity contribution is 6.99. The molecule has 9 heteroatoms. The topological polar surface area (TPSA) is 72.9 Å². The molecule has 2 atom stereocenters. The first-order chi connectivity index (χ1) is 19.9. The number of carbonyl (C=O) groups is 3. The van der Waals surface area contributed by atoms with Gasteiger partial charge in [0.2, 0.25) is 5.78 Å². The standard InChI is InChI=1S/C34H45F2NO5Si/c1-24(19-20-41-43(33(6,7)8,26-15-11-9-12-16-26)27-17-13-10-14-18-27)22-34(35,36)30(39)28-23-37(25(2)21-29(28)38)31(40)42-32(3,4)5/h9-18,25,28H,1,19-23H2,2-8H3/t25-,28?/m1/s1. The smallest absolute Gasteiger partial charge is 0.410 e. The van der Waals surface area contributed by atoms with Crippen LogP contribution in [0.5, 0.6) is 0 Å². The molecule has 1 fully saturated rings. The highest BCUT2D eigenvalue weighted by Gasteiger charge is 2.51. The maximum Gasteiger partial charge on any atom is 0.410 e. The number of Topliss-reactive ketones (excluding diaryl/α,β-unsaturated/α-hetero) is 2. The fraction of sp³-hybridized carbons (Fsp3) is 0.500. The molecule has 2 aromatic rings. The molecule has 1 heterocycles. The lowest BCUT2D eigenvalue weighted by molar-refractivity contribution is -0.154. The van der Waals surface area contributed by atoms with Crippen LogP contribution < -0.4 is 10.4 Å². The Bertz CT molecular complexity index is 1260. The van der Waals surface area contributed by atoms with Crippen LogP contribution in [0.3, 0.4) is 0 Å². The zero-order valence-electron chi connectivity index (χ0n) is 26.4. The summed E-state index contributed by atoms with van der Waals surface area (Å²) in [6, 6.07) is 19.4. The number of carbonyl (C=O) groups excluding carboxylic acids is 3. The molecule has 0 spiro atoms. The Kier molecular flexibility index (Phi) is 10.6. The third-order valence-electron chi connectivity index (χ3n) is 7.76. The molecular formula is C34H45F2NO5Si. The van der Waals surface area contributed by atoms with Gasteiger partial charge in [-0.2, -0.15) is 8.78 Å². The van der Waals surface area contributed by atoms with Crippen LogP contribution in [0.4, 0.5) is 13.6 Å². The van der Waals surface area contributed by atoms with Crippen molar-refractivity contribution in [1.82, 2.24) is 4.90 Å². The number of piperidine rings is 1. The summed E-state index contributed by atoms with van der Waals surface area (Å²) in [6.45, 7) is 16.6. The molecule has 43 heavy (non-hydrogen) atoms. The minimum Gasteiger partial charge on any atom is -0.444 e. The van der Waals surface area contributed by atoms with E-state index in [1.165, 1.54) is 4.90 Å². The first-order valence-electron chi connectivity index (χ1n) is 14.7. The lowest BCUT2D eigenvalue weighted by Gasteiger charge is -2.43. The highest BCUT2D eigenvalue weighted by atomic mass is 28.4. The van der Waals surface area contributed by atoms with Crippen LogP contribution in [0.25, 0.3) is 0 Å². The van der Waals surface area contributed by atoms with E-state index in [1.807, 2.05) is 36.4 Å². The van der Waals surface area contributed by atoms with Crippen molar-refractivity contribution in [2.24, 2.45) is 5.92 Å². The fourth-order valence-electron chi connectivity index (χ4n) is 5.68. The third kappa shape index (κ3) is 8.06. The molecule has 1 unspecified atom stereocenters. The molecule has 6 nitrogen and oxygen atoms in total. The molecule has 1 aliphatic rings. The van der Waals surface area contributed by atoms with Crippen LogP contribution in [0.1, 0.15) is 67.7 Å². The average Bonchev–Trinajstić information content (AvgIpc) is 2.90. The molecule has 0 N–H and O–H groups in total. The summed E-state index contributed by atoms with van der Waals surface area (Å²) in [5.74, 6) is -7.54. The minimum atomic E-state index is -3.82. The fourth-order valence-corrected chi connectivity index (χ4v) is 10.2. The average molecular weight is 614 g/mol. The Morgan fingerprint density at radius 2 is 1.47 bits per heavy atom. The zero-order valence-corrected chi connectivity index (χ0v) is 27.4. The number of likely N-dealkylation sites (tertiary alicyclic amines) is 1. The predicted molar refractivity (Wildman–Crippen MR) is 167 cm³/mol. The van der Waals surface area contributed by atoms with Gasteiger partial charge < -0.3 is 14.1 Å². The van der Waals surface area contributed by atoms with Crippen molar-refractivity contribution in [2.75, 3.05) is 13.2 Å². The van der Waals surface area contributed by atoms with Crippen molar-refractivity contribution in [3.8, 4) is 0 Å². The summed E-state index contributed by atoms with van der Waals surface area (Å²) in [6.07, 6.45) is -1.72. The molecule has 1 aliphatic heterocycles. The second-order valence-electron chi connectivity index (χ2n) is 13.5. The molecule has 2 aromatic carbocycles. The van der Waals surface area contributed by atoms with Crippen LogP contribution in [-0.4, -0.2) is 61.6 Å². The number of ketones is 2. The molecule has 1 saturated heterocycles. The predicted octanol–water partition coefficient (Wildman–Crippen LogP) is 6.32. The number of hydrogen-bond acceptors (Lipinski definition) is 5. The largest absolute Gasteiger partial charge is 0.444 e. The Hall–Kier alpha value is -3.17. The number of rotatable bonds is 10. The van der Waals surface area contributed by atoms with Gasteiger partial charge >= 0.3 is 12.0 Å². The van der Waals surface area contributed by atoms with E-state index < -0.39 is 62.4 Å². The highest BCUT2D eigenvalue weighted by Crippen LogP contribution is 2.37.